The molecule has 27 heavy (non-hydrogen) atoms. The minimum Gasteiger partial charge on any atom is -0.489 e. The third-order valence-corrected chi connectivity index (χ3v) is 4.87. The molecule has 2 aromatic carbocycles. The van der Waals surface area contributed by atoms with Gasteiger partial charge in [0.2, 0.25) is 0 Å². The Kier molecular flexibility index (Phi) is 5.87. The first kappa shape index (κ1) is 19.1. The van der Waals surface area contributed by atoms with E-state index in [1.165, 1.54) is 0 Å². The third kappa shape index (κ3) is 4.34. The predicted molar refractivity (Wildman–Crippen MR) is 109 cm³/mol. The monoisotopic (exact) mass is 383 g/mol. The fourth-order valence-corrected chi connectivity index (χ4v) is 3.44. The Morgan fingerprint density at radius 2 is 2.00 bits per heavy atom. The average Bonchev–Trinajstić information content (AvgIpc) is 2.97. The first-order valence-corrected chi connectivity index (χ1v) is 9.20. The van der Waals surface area contributed by atoms with E-state index in [1.807, 2.05) is 43.3 Å². The van der Waals surface area contributed by atoms with Crippen LogP contribution in [0.25, 0.3) is 10.9 Å². The summed E-state index contributed by atoms with van der Waals surface area (Å²) in [6, 6.07) is 11.7. The van der Waals surface area contributed by atoms with E-state index in [1.54, 1.807) is 6.08 Å². The minimum absolute atomic E-state index is 0.0972. The van der Waals surface area contributed by atoms with Crippen LogP contribution >= 0.6 is 11.6 Å². The summed E-state index contributed by atoms with van der Waals surface area (Å²) in [6.07, 6.45) is 2.98. The number of carbonyl (C=O) groups is 1. The van der Waals surface area contributed by atoms with Gasteiger partial charge >= 0.3 is 5.97 Å². The Balaban J connectivity index is 2.08. The van der Waals surface area contributed by atoms with Crippen molar-refractivity contribution >= 4 is 28.5 Å². The van der Waals surface area contributed by atoms with Crippen molar-refractivity contribution in [1.82, 2.24) is 4.98 Å². The van der Waals surface area contributed by atoms with Gasteiger partial charge in [-0.25, -0.2) is 0 Å². The van der Waals surface area contributed by atoms with Gasteiger partial charge < -0.3 is 14.8 Å². The van der Waals surface area contributed by atoms with Gasteiger partial charge in [0.15, 0.2) is 0 Å². The number of aromatic amines is 1. The zero-order chi connectivity index (χ0) is 19.4. The van der Waals surface area contributed by atoms with Crippen molar-refractivity contribution in [2.45, 2.75) is 26.2 Å². The molecule has 0 fully saturated rings. The molecule has 3 aromatic rings. The van der Waals surface area contributed by atoms with Crippen LogP contribution in [-0.4, -0.2) is 22.7 Å². The van der Waals surface area contributed by atoms with Gasteiger partial charge in [0, 0.05) is 33.6 Å². The van der Waals surface area contributed by atoms with E-state index in [2.05, 4.69) is 11.6 Å². The summed E-state index contributed by atoms with van der Waals surface area (Å²) < 4.78 is 5.90. The minimum atomic E-state index is -0.801. The maximum absolute atomic E-state index is 11.0. The van der Waals surface area contributed by atoms with E-state index in [4.69, 9.17) is 21.4 Å². The number of aliphatic carboxylic acids is 1. The molecule has 140 valence electrons. The maximum Gasteiger partial charge on any atom is 0.303 e. The molecule has 4 nitrogen and oxygen atoms in total. The van der Waals surface area contributed by atoms with Gasteiger partial charge in [-0.2, -0.15) is 0 Å². The second-order valence-electron chi connectivity index (χ2n) is 6.49. The zero-order valence-corrected chi connectivity index (χ0v) is 16.0. The van der Waals surface area contributed by atoms with E-state index in [0.717, 1.165) is 39.0 Å². The van der Waals surface area contributed by atoms with Crippen LogP contribution < -0.4 is 4.74 Å². The molecule has 0 aliphatic rings. The summed E-state index contributed by atoms with van der Waals surface area (Å²) >= 11 is 6.01. The molecule has 3 rings (SSSR count). The molecule has 0 spiro atoms. The molecule has 0 saturated heterocycles. The number of carboxylic acid groups (broad SMARTS) is 1. The summed E-state index contributed by atoms with van der Waals surface area (Å²) in [5.74, 6) is 0.00804. The lowest BCUT2D eigenvalue weighted by Crippen LogP contribution is -2.00. The number of hydrogen-bond donors (Lipinski definition) is 2. The first-order valence-electron chi connectivity index (χ1n) is 8.82. The van der Waals surface area contributed by atoms with Crippen molar-refractivity contribution in [2.24, 2.45) is 0 Å². The molecule has 1 aromatic heterocycles. The van der Waals surface area contributed by atoms with Crippen molar-refractivity contribution in [2.75, 3.05) is 6.61 Å². The summed E-state index contributed by atoms with van der Waals surface area (Å²) in [5.41, 5.74) is 5.21. The Hall–Kier alpha value is -2.72. The standard InChI is InChI=1S/C22H22ClNO3/c1-3-12-27-20-10-8-19-22(14(2)18(24-19)9-11-21(25)26)17(20)13-15-4-6-16(23)7-5-15/h3-8,10,24H,1,9,11-13H2,2H3,(H,25,26). The molecule has 0 aliphatic carbocycles. The number of H-pyrrole nitrogens is 1. The quantitative estimate of drug-likeness (QED) is 0.518. The number of nitrogens with one attached hydrogen (secondary N) is 1. The number of ether oxygens (including phenoxy) is 1. The normalized spacial score (nSPS) is 10.9. The molecule has 0 aliphatic heterocycles. The fraction of sp³-hybridized carbons (Fsp3) is 0.227. The largest absolute Gasteiger partial charge is 0.489 e. The van der Waals surface area contributed by atoms with E-state index >= 15 is 0 Å². The summed E-state index contributed by atoms with van der Waals surface area (Å²) in [6.45, 7) is 6.17. The second kappa shape index (κ2) is 8.31. The van der Waals surface area contributed by atoms with Crippen LogP contribution in [0.5, 0.6) is 5.75 Å². The highest BCUT2D eigenvalue weighted by molar-refractivity contribution is 6.30. The van der Waals surface area contributed by atoms with Gasteiger partial charge in [0.05, 0.1) is 6.42 Å². The molecular formula is C22H22ClNO3. The lowest BCUT2D eigenvalue weighted by molar-refractivity contribution is -0.136. The second-order valence-corrected chi connectivity index (χ2v) is 6.93. The average molecular weight is 384 g/mol. The number of halogens is 1. The van der Waals surface area contributed by atoms with Gasteiger partial charge in [-0.3, -0.25) is 4.79 Å². The molecule has 0 atom stereocenters. The Morgan fingerprint density at radius 3 is 2.67 bits per heavy atom. The molecule has 0 bridgehead atoms. The summed E-state index contributed by atoms with van der Waals surface area (Å²) in [5, 5.41) is 10.8. The lowest BCUT2D eigenvalue weighted by atomic mass is 9.97. The number of rotatable bonds is 8. The van der Waals surface area contributed by atoms with Crippen molar-refractivity contribution in [3.05, 3.63) is 76.5 Å². The Labute approximate surface area is 163 Å². The van der Waals surface area contributed by atoms with Crippen LogP contribution in [0.3, 0.4) is 0 Å². The topological polar surface area (TPSA) is 62.3 Å². The number of aromatic nitrogens is 1. The van der Waals surface area contributed by atoms with Gasteiger partial charge in [-0.05, 0) is 48.7 Å². The molecule has 0 saturated carbocycles. The van der Waals surface area contributed by atoms with Crippen molar-refractivity contribution in [1.29, 1.82) is 0 Å². The van der Waals surface area contributed by atoms with E-state index in [-0.39, 0.29) is 6.42 Å². The highest BCUT2D eigenvalue weighted by Gasteiger charge is 2.17. The van der Waals surface area contributed by atoms with Crippen LogP contribution in [0, 0.1) is 6.92 Å². The van der Waals surface area contributed by atoms with Crippen molar-refractivity contribution in [3.63, 3.8) is 0 Å². The molecule has 2 N–H and O–H groups in total. The van der Waals surface area contributed by atoms with Gasteiger partial charge in [-0.15, -0.1) is 0 Å². The molecular weight excluding hydrogens is 362 g/mol. The highest BCUT2D eigenvalue weighted by atomic mass is 35.5. The molecule has 0 radical (unpaired) electrons. The van der Waals surface area contributed by atoms with Gasteiger partial charge in [0.25, 0.3) is 0 Å². The predicted octanol–water partition coefficient (Wildman–Crippen LogP) is 5.30. The molecule has 0 amide bonds. The smallest absolute Gasteiger partial charge is 0.303 e. The van der Waals surface area contributed by atoms with Gasteiger partial charge in [0.1, 0.15) is 12.4 Å². The summed E-state index contributed by atoms with van der Waals surface area (Å²) in [7, 11) is 0. The zero-order valence-electron chi connectivity index (χ0n) is 15.2. The number of carboxylic acids is 1. The third-order valence-electron chi connectivity index (χ3n) is 4.62. The van der Waals surface area contributed by atoms with Crippen LogP contribution in [0.15, 0.2) is 49.1 Å². The first-order chi connectivity index (χ1) is 13.0. The lowest BCUT2D eigenvalue weighted by Gasteiger charge is -2.13. The molecule has 5 heteroatoms. The molecule has 0 unspecified atom stereocenters. The van der Waals surface area contributed by atoms with E-state index in [0.29, 0.717) is 24.5 Å². The Morgan fingerprint density at radius 1 is 1.26 bits per heavy atom. The van der Waals surface area contributed by atoms with Crippen LogP contribution in [0.2, 0.25) is 5.02 Å². The highest BCUT2D eigenvalue weighted by Crippen LogP contribution is 2.34. The summed E-state index contributed by atoms with van der Waals surface area (Å²) in [4.78, 5) is 14.3. The fourth-order valence-electron chi connectivity index (χ4n) is 3.32. The van der Waals surface area contributed by atoms with Gasteiger partial charge in [-0.1, -0.05) is 36.4 Å². The maximum atomic E-state index is 11.0. The van der Waals surface area contributed by atoms with Crippen molar-refractivity contribution in [3.8, 4) is 5.75 Å². The number of fused-ring (bicyclic) bond motifs is 1. The Bertz CT molecular complexity index is 973. The van der Waals surface area contributed by atoms with Crippen LogP contribution in [0.4, 0.5) is 0 Å². The number of benzene rings is 2. The van der Waals surface area contributed by atoms with E-state index in [9.17, 15) is 4.79 Å². The van der Waals surface area contributed by atoms with Crippen LogP contribution in [-0.2, 0) is 17.6 Å². The number of hydrogen-bond acceptors (Lipinski definition) is 2. The molecule has 1 heterocycles. The number of aryl methyl sites for hydroxylation is 2. The van der Waals surface area contributed by atoms with E-state index < -0.39 is 5.97 Å². The van der Waals surface area contributed by atoms with Crippen LogP contribution in [0.1, 0.15) is 28.8 Å². The SMILES string of the molecule is C=CCOc1ccc2[nH]c(CCC(=O)O)c(C)c2c1Cc1ccc(Cl)cc1. The van der Waals surface area contributed by atoms with Crippen molar-refractivity contribution < 1.29 is 14.6 Å².